The number of carbonyl (C=O) groups excluding carboxylic acids is 1. The van der Waals surface area contributed by atoms with Crippen molar-refractivity contribution in [3.63, 3.8) is 0 Å². The molecule has 8 nitrogen and oxygen atoms in total. The van der Waals surface area contributed by atoms with E-state index in [2.05, 4.69) is 15.4 Å². The van der Waals surface area contributed by atoms with E-state index in [0.29, 0.717) is 4.96 Å². The van der Waals surface area contributed by atoms with Gasteiger partial charge in [-0.15, -0.1) is 16.4 Å². The van der Waals surface area contributed by atoms with E-state index in [4.69, 9.17) is 0 Å². The van der Waals surface area contributed by atoms with Crippen LogP contribution in [0.25, 0.3) is 16.2 Å². The summed E-state index contributed by atoms with van der Waals surface area (Å²) in [5.41, 5.74) is 3.27. The Kier molecular flexibility index (Phi) is 4.13. The molecule has 2 aromatic carbocycles. The summed E-state index contributed by atoms with van der Waals surface area (Å²) in [5, 5.41) is 19.6. The second-order valence-electron chi connectivity index (χ2n) is 5.87. The van der Waals surface area contributed by atoms with Crippen LogP contribution in [0.15, 0.2) is 53.9 Å². The first-order valence-corrected chi connectivity index (χ1v) is 8.86. The molecule has 4 aromatic rings. The van der Waals surface area contributed by atoms with E-state index in [-0.39, 0.29) is 17.2 Å². The molecular formula is C18H13N5O3S. The van der Waals surface area contributed by atoms with E-state index in [1.807, 2.05) is 36.6 Å². The van der Waals surface area contributed by atoms with Crippen molar-refractivity contribution in [3.05, 3.63) is 75.2 Å². The number of aryl methyl sites for hydroxylation is 1. The van der Waals surface area contributed by atoms with Gasteiger partial charge in [0.15, 0.2) is 0 Å². The maximum absolute atomic E-state index is 12.3. The van der Waals surface area contributed by atoms with E-state index in [9.17, 15) is 14.9 Å². The average Bonchev–Trinajstić information content (AvgIpc) is 3.22. The average molecular weight is 379 g/mol. The fourth-order valence-corrected chi connectivity index (χ4v) is 3.40. The summed E-state index contributed by atoms with van der Waals surface area (Å²) in [6.45, 7) is 2.02. The number of amides is 1. The first-order valence-electron chi connectivity index (χ1n) is 7.98. The molecule has 0 atom stereocenters. The number of carbonyl (C=O) groups is 1. The Morgan fingerprint density at radius 3 is 2.52 bits per heavy atom. The van der Waals surface area contributed by atoms with E-state index in [0.717, 1.165) is 11.3 Å². The number of nitro benzene ring substituents is 1. The lowest BCUT2D eigenvalue weighted by molar-refractivity contribution is -0.384. The van der Waals surface area contributed by atoms with Crippen LogP contribution in [0.4, 0.5) is 11.6 Å². The summed E-state index contributed by atoms with van der Waals surface area (Å²) < 4.78 is 1.68. The number of aromatic nitrogens is 3. The maximum Gasteiger partial charge on any atom is 0.269 e. The largest absolute Gasteiger partial charge is 0.289 e. The van der Waals surface area contributed by atoms with Crippen molar-refractivity contribution >= 4 is 33.8 Å². The van der Waals surface area contributed by atoms with Gasteiger partial charge in [0.25, 0.3) is 17.5 Å². The molecule has 27 heavy (non-hydrogen) atoms. The SMILES string of the molecule is Cc1ccc(-c2csc3nc(NC(=O)c4ccc([N+](=O)[O-])cc4)nn23)cc1. The van der Waals surface area contributed by atoms with Crippen LogP contribution in [-0.4, -0.2) is 25.4 Å². The molecule has 0 aliphatic heterocycles. The first-order chi connectivity index (χ1) is 13.0. The molecular weight excluding hydrogens is 366 g/mol. The quantitative estimate of drug-likeness (QED) is 0.427. The van der Waals surface area contributed by atoms with Gasteiger partial charge in [-0.25, -0.2) is 4.52 Å². The Morgan fingerprint density at radius 2 is 1.85 bits per heavy atom. The van der Waals surface area contributed by atoms with Crippen molar-refractivity contribution in [2.45, 2.75) is 6.92 Å². The third-order valence-electron chi connectivity index (χ3n) is 3.99. The zero-order valence-corrected chi connectivity index (χ0v) is 14.9. The van der Waals surface area contributed by atoms with Crippen molar-refractivity contribution < 1.29 is 9.72 Å². The molecule has 0 saturated heterocycles. The first kappa shape index (κ1) is 16.9. The molecule has 0 aliphatic carbocycles. The zero-order chi connectivity index (χ0) is 19.0. The number of benzene rings is 2. The standard InChI is InChI=1S/C18H13N5O3S/c1-11-2-4-12(5-3-11)15-10-27-18-20-17(21-22(15)18)19-16(24)13-6-8-14(9-7-13)23(25)26/h2-10H,1H3,(H,19,21,24). The molecule has 2 heterocycles. The number of nitrogens with zero attached hydrogens (tertiary/aromatic N) is 4. The van der Waals surface area contributed by atoms with Crippen LogP contribution in [0, 0.1) is 17.0 Å². The summed E-state index contributed by atoms with van der Waals surface area (Å²) >= 11 is 1.42. The normalized spacial score (nSPS) is 10.9. The van der Waals surface area contributed by atoms with Gasteiger partial charge in [-0.05, 0) is 19.1 Å². The monoisotopic (exact) mass is 379 g/mol. The minimum absolute atomic E-state index is 0.0741. The minimum atomic E-state index is -0.515. The number of non-ortho nitro benzene ring substituents is 1. The number of thiazole rings is 1. The Morgan fingerprint density at radius 1 is 1.15 bits per heavy atom. The van der Waals surface area contributed by atoms with Gasteiger partial charge in [-0.2, -0.15) is 4.98 Å². The van der Waals surface area contributed by atoms with Gasteiger partial charge < -0.3 is 0 Å². The molecule has 0 spiro atoms. The summed E-state index contributed by atoms with van der Waals surface area (Å²) in [5.74, 6) is -0.251. The highest BCUT2D eigenvalue weighted by atomic mass is 32.1. The van der Waals surface area contributed by atoms with Crippen LogP contribution in [0.3, 0.4) is 0 Å². The summed E-state index contributed by atoms with van der Waals surface area (Å²) in [6, 6.07) is 13.4. The number of anilines is 1. The molecule has 0 fully saturated rings. The molecule has 0 saturated carbocycles. The highest BCUT2D eigenvalue weighted by Gasteiger charge is 2.15. The van der Waals surface area contributed by atoms with Crippen LogP contribution in [-0.2, 0) is 0 Å². The van der Waals surface area contributed by atoms with Gasteiger partial charge in [-0.3, -0.25) is 20.2 Å². The third kappa shape index (κ3) is 3.27. The Labute approximate surface area is 157 Å². The van der Waals surface area contributed by atoms with Crippen molar-refractivity contribution in [2.75, 3.05) is 5.32 Å². The molecule has 2 aromatic heterocycles. The van der Waals surface area contributed by atoms with Crippen LogP contribution in [0.2, 0.25) is 0 Å². The topological polar surface area (TPSA) is 102 Å². The smallest absolute Gasteiger partial charge is 0.269 e. The Hall–Kier alpha value is -3.59. The van der Waals surface area contributed by atoms with E-state index in [1.54, 1.807) is 4.52 Å². The number of fused-ring (bicyclic) bond motifs is 1. The fraction of sp³-hybridized carbons (Fsp3) is 0.0556. The van der Waals surface area contributed by atoms with E-state index >= 15 is 0 Å². The highest BCUT2D eigenvalue weighted by Crippen LogP contribution is 2.26. The van der Waals surface area contributed by atoms with Crippen molar-refractivity contribution in [1.29, 1.82) is 0 Å². The number of nitrogens with one attached hydrogen (secondary N) is 1. The van der Waals surface area contributed by atoms with Gasteiger partial charge >= 0.3 is 0 Å². The predicted octanol–water partition coefficient (Wildman–Crippen LogP) is 3.93. The second-order valence-corrected chi connectivity index (χ2v) is 6.71. The van der Waals surface area contributed by atoms with E-state index in [1.165, 1.54) is 41.2 Å². The van der Waals surface area contributed by atoms with Crippen LogP contribution in [0.5, 0.6) is 0 Å². The Bertz CT molecular complexity index is 1150. The van der Waals surface area contributed by atoms with Gasteiger partial charge in [0, 0.05) is 28.6 Å². The lowest BCUT2D eigenvalue weighted by Crippen LogP contribution is -2.13. The van der Waals surface area contributed by atoms with Crippen LogP contribution < -0.4 is 5.32 Å². The Balaban J connectivity index is 1.58. The van der Waals surface area contributed by atoms with Crippen molar-refractivity contribution in [1.82, 2.24) is 14.6 Å². The van der Waals surface area contributed by atoms with Gasteiger partial charge in [0.05, 0.1) is 10.6 Å². The summed E-state index contributed by atoms with van der Waals surface area (Å²) in [6.07, 6.45) is 0. The highest BCUT2D eigenvalue weighted by molar-refractivity contribution is 7.15. The molecule has 0 bridgehead atoms. The maximum atomic E-state index is 12.3. The fourth-order valence-electron chi connectivity index (χ4n) is 2.57. The number of hydrogen-bond donors (Lipinski definition) is 1. The molecule has 9 heteroatoms. The molecule has 0 aliphatic rings. The summed E-state index contributed by atoms with van der Waals surface area (Å²) in [4.78, 5) is 27.5. The van der Waals surface area contributed by atoms with E-state index < -0.39 is 10.8 Å². The lowest BCUT2D eigenvalue weighted by atomic mass is 10.1. The lowest BCUT2D eigenvalue weighted by Gasteiger charge is -2.01. The number of rotatable bonds is 4. The molecule has 0 unspecified atom stereocenters. The molecule has 134 valence electrons. The van der Waals surface area contributed by atoms with Gasteiger partial charge in [0.1, 0.15) is 0 Å². The predicted molar refractivity (Wildman–Crippen MR) is 102 cm³/mol. The molecule has 0 radical (unpaired) electrons. The zero-order valence-electron chi connectivity index (χ0n) is 14.1. The molecule has 1 amide bonds. The van der Waals surface area contributed by atoms with Crippen molar-refractivity contribution in [2.24, 2.45) is 0 Å². The molecule has 1 N–H and O–H groups in total. The van der Waals surface area contributed by atoms with Crippen molar-refractivity contribution in [3.8, 4) is 11.3 Å². The summed E-state index contributed by atoms with van der Waals surface area (Å²) in [7, 11) is 0. The minimum Gasteiger partial charge on any atom is -0.289 e. The van der Waals surface area contributed by atoms with Gasteiger partial charge in [-0.1, -0.05) is 29.8 Å². The van der Waals surface area contributed by atoms with Crippen LogP contribution >= 0.6 is 11.3 Å². The van der Waals surface area contributed by atoms with Gasteiger partial charge in [0.2, 0.25) is 4.96 Å². The number of hydrogen-bond acceptors (Lipinski definition) is 6. The second kappa shape index (κ2) is 6.61. The molecule has 4 rings (SSSR count). The van der Waals surface area contributed by atoms with Crippen LogP contribution in [0.1, 0.15) is 15.9 Å². The third-order valence-corrected chi connectivity index (χ3v) is 4.81. The number of nitro groups is 1.